The Hall–Kier alpha value is -3.42. The van der Waals surface area contributed by atoms with Crippen LogP contribution in [0.3, 0.4) is 0 Å². The maximum atomic E-state index is 13.3. The molecule has 0 unspecified atom stereocenters. The molecule has 0 aliphatic carbocycles. The van der Waals surface area contributed by atoms with E-state index in [-0.39, 0.29) is 33.4 Å². The maximum absolute atomic E-state index is 13.3. The van der Waals surface area contributed by atoms with E-state index in [1.165, 1.54) is 16.6 Å². The fourth-order valence-corrected chi connectivity index (χ4v) is 4.36. The third kappa shape index (κ3) is 3.91. The number of hydrogen-bond donors (Lipinski definition) is 1. The lowest BCUT2D eigenvalue weighted by Gasteiger charge is -2.07. The summed E-state index contributed by atoms with van der Waals surface area (Å²) in [5, 5.41) is 7.15. The van der Waals surface area contributed by atoms with E-state index in [0.29, 0.717) is 11.4 Å². The number of ether oxygens (including phenoxy) is 1. The first kappa shape index (κ1) is 20.3. The van der Waals surface area contributed by atoms with Crippen LogP contribution < -0.4 is 5.32 Å². The van der Waals surface area contributed by atoms with Gasteiger partial charge in [-0.05, 0) is 25.1 Å². The fraction of sp³-hybridized carbons (Fsp3) is 0.200. The number of nitrogens with zero attached hydrogens (tertiary/aromatic N) is 3. The summed E-state index contributed by atoms with van der Waals surface area (Å²) >= 11 is 0. The predicted octanol–water partition coefficient (Wildman–Crippen LogP) is 2.69. The smallest absolute Gasteiger partial charge is 0.317 e. The number of carbonyl (C=O) groups excluding carboxylic acids is 1. The van der Waals surface area contributed by atoms with Gasteiger partial charge >= 0.3 is 5.97 Å². The third-order valence-electron chi connectivity index (χ3n) is 4.15. The molecule has 0 bridgehead atoms. The summed E-state index contributed by atoms with van der Waals surface area (Å²) in [6, 6.07) is 9.71. The molecular formula is C20H20N4O4S. The number of hydrogen-bond acceptors (Lipinski definition) is 7. The number of allylic oxidation sites excluding steroid dienone is 1. The van der Waals surface area contributed by atoms with E-state index >= 15 is 0 Å². The number of fused-ring (bicyclic) bond motifs is 1. The Morgan fingerprint density at radius 1 is 1.31 bits per heavy atom. The van der Waals surface area contributed by atoms with Crippen LogP contribution in [0.1, 0.15) is 18.3 Å². The van der Waals surface area contributed by atoms with Gasteiger partial charge in [0.2, 0.25) is 9.84 Å². The number of rotatable bonds is 6. The summed E-state index contributed by atoms with van der Waals surface area (Å²) < 4.78 is 33.0. The van der Waals surface area contributed by atoms with E-state index in [9.17, 15) is 13.2 Å². The second kappa shape index (κ2) is 7.90. The average Bonchev–Trinajstić information content (AvgIpc) is 3.07. The van der Waals surface area contributed by atoms with Crippen LogP contribution in [0.4, 0.5) is 5.82 Å². The van der Waals surface area contributed by atoms with Gasteiger partial charge in [-0.2, -0.15) is 0 Å². The van der Waals surface area contributed by atoms with Crippen molar-refractivity contribution in [2.75, 3.05) is 12.4 Å². The van der Waals surface area contributed by atoms with E-state index in [1.54, 1.807) is 45.2 Å². The molecule has 0 radical (unpaired) electrons. The van der Waals surface area contributed by atoms with Crippen molar-refractivity contribution in [3.05, 3.63) is 65.9 Å². The Kier molecular flexibility index (Phi) is 5.54. The number of carbonyl (C=O) groups is 1. The lowest BCUT2D eigenvalue weighted by Crippen LogP contribution is -2.12. The molecular weight excluding hydrogens is 392 g/mol. The van der Waals surface area contributed by atoms with Crippen molar-refractivity contribution >= 4 is 27.3 Å². The molecule has 2 heterocycles. The molecule has 0 amide bonds. The third-order valence-corrected chi connectivity index (χ3v) is 5.96. The topological polar surface area (TPSA) is 103 Å². The van der Waals surface area contributed by atoms with Gasteiger partial charge in [0.25, 0.3) is 0 Å². The normalized spacial score (nSPS) is 11.1. The average molecular weight is 412 g/mol. The van der Waals surface area contributed by atoms with Crippen LogP contribution in [0.15, 0.2) is 64.3 Å². The minimum Gasteiger partial charge on any atom is -0.423 e. The first-order valence-electron chi connectivity index (χ1n) is 8.72. The second-order valence-corrected chi connectivity index (χ2v) is 8.14. The van der Waals surface area contributed by atoms with Gasteiger partial charge in [-0.15, -0.1) is 5.10 Å². The van der Waals surface area contributed by atoms with Gasteiger partial charge < -0.3 is 10.1 Å². The first-order valence-corrected chi connectivity index (χ1v) is 10.2. The molecule has 0 fully saturated rings. The quantitative estimate of drug-likeness (QED) is 0.377. The Labute approximate surface area is 168 Å². The molecule has 2 aromatic heterocycles. The predicted molar refractivity (Wildman–Crippen MR) is 107 cm³/mol. The number of aromatic nitrogens is 3. The van der Waals surface area contributed by atoms with Gasteiger partial charge in [0.15, 0.2) is 16.4 Å². The van der Waals surface area contributed by atoms with Gasteiger partial charge in [0.05, 0.1) is 17.0 Å². The van der Waals surface area contributed by atoms with Gasteiger partial charge in [-0.3, -0.25) is 4.79 Å². The summed E-state index contributed by atoms with van der Waals surface area (Å²) in [6.07, 6.45) is -0.130. The molecule has 3 aromatic rings. The Morgan fingerprint density at radius 3 is 2.62 bits per heavy atom. The summed E-state index contributed by atoms with van der Waals surface area (Å²) in [5.74, 6) is -0.149. The SMILES string of the molecule is C=C=C(C)OC(=O)Cc1cc(C)nc2c(S(=O)(=O)c3ccccc3)c(NC)nn12. The summed E-state index contributed by atoms with van der Waals surface area (Å²) in [5.41, 5.74) is 3.62. The Morgan fingerprint density at radius 2 is 2.00 bits per heavy atom. The highest BCUT2D eigenvalue weighted by Gasteiger charge is 2.29. The molecule has 9 heteroatoms. The lowest BCUT2D eigenvalue weighted by atomic mass is 10.2. The summed E-state index contributed by atoms with van der Waals surface area (Å²) in [6.45, 7) is 6.71. The minimum atomic E-state index is -3.90. The largest absolute Gasteiger partial charge is 0.423 e. The highest BCUT2D eigenvalue weighted by Crippen LogP contribution is 2.31. The monoisotopic (exact) mass is 412 g/mol. The fourth-order valence-electron chi connectivity index (χ4n) is 2.84. The van der Waals surface area contributed by atoms with E-state index in [4.69, 9.17) is 4.74 Å². The molecule has 1 N–H and O–H groups in total. The van der Waals surface area contributed by atoms with Crippen LogP contribution >= 0.6 is 0 Å². The zero-order valence-corrected chi connectivity index (χ0v) is 17.1. The lowest BCUT2D eigenvalue weighted by molar-refractivity contribution is -0.138. The summed E-state index contributed by atoms with van der Waals surface area (Å²) in [4.78, 5) is 16.7. The van der Waals surface area contributed by atoms with Crippen LogP contribution in [-0.2, 0) is 25.8 Å². The number of anilines is 1. The molecule has 0 aliphatic heterocycles. The maximum Gasteiger partial charge on any atom is 0.317 e. The zero-order chi connectivity index (χ0) is 21.2. The second-order valence-electron chi connectivity index (χ2n) is 6.25. The van der Waals surface area contributed by atoms with E-state index < -0.39 is 15.8 Å². The van der Waals surface area contributed by atoms with E-state index in [0.717, 1.165) is 0 Å². The van der Waals surface area contributed by atoms with Crippen LogP contribution in [0.2, 0.25) is 0 Å². The molecule has 8 nitrogen and oxygen atoms in total. The molecule has 3 rings (SSSR count). The number of aryl methyl sites for hydroxylation is 1. The molecule has 0 atom stereocenters. The molecule has 0 saturated heterocycles. The highest BCUT2D eigenvalue weighted by atomic mass is 32.2. The molecule has 150 valence electrons. The van der Waals surface area contributed by atoms with Crippen LogP contribution in [-0.4, -0.2) is 36.0 Å². The van der Waals surface area contributed by atoms with Crippen molar-refractivity contribution in [2.24, 2.45) is 0 Å². The number of sulfone groups is 1. The Balaban J connectivity index is 2.20. The van der Waals surface area contributed by atoms with Crippen molar-refractivity contribution in [2.45, 2.75) is 30.1 Å². The van der Waals surface area contributed by atoms with E-state index in [1.807, 2.05) is 0 Å². The first-order chi connectivity index (χ1) is 13.8. The standard InChI is InChI=1S/C20H20N4O4S/c1-5-14(3)28-17(25)12-15-11-13(2)22-20-18(19(21-4)23-24(15)20)29(26,27)16-9-7-6-8-10-16/h6-11H,1,12H2,2-4H3,(H,21,23). The minimum absolute atomic E-state index is 0.0494. The molecule has 0 saturated carbocycles. The molecule has 0 aliphatic rings. The molecule has 29 heavy (non-hydrogen) atoms. The van der Waals surface area contributed by atoms with Gasteiger partial charge in [-0.1, -0.05) is 30.5 Å². The zero-order valence-electron chi connectivity index (χ0n) is 16.3. The van der Waals surface area contributed by atoms with E-state index in [2.05, 4.69) is 27.7 Å². The van der Waals surface area contributed by atoms with Crippen molar-refractivity contribution < 1.29 is 17.9 Å². The molecule has 0 spiro atoms. The molecule has 1 aromatic carbocycles. The van der Waals surface area contributed by atoms with Crippen molar-refractivity contribution in [1.82, 2.24) is 14.6 Å². The number of benzene rings is 1. The van der Waals surface area contributed by atoms with Gasteiger partial charge in [-0.25, -0.2) is 17.9 Å². The van der Waals surface area contributed by atoms with Gasteiger partial charge in [0, 0.05) is 19.7 Å². The van der Waals surface area contributed by atoms with Crippen LogP contribution in [0.5, 0.6) is 0 Å². The van der Waals surface area contributed by atoms with Crippen molar-refractivity contribution in [3.8, 4) is 0 Å². The van der Waals surface area contributed by atoms with Crippen LogP contribution in [0, 0.1) is 6.92 Å². The number of esters is 1. The highest BCUT2D eigenvalue weighted by molar-refractivity contribution is 7.91. The Bertz CT molecular complexity index is 1240. The van der Waals surface area contributed by atoms with Crippen molar-refractivity contribution in [3.63, 3.8) is 0 Å². The van der Waals surface area contributed by atoms with Crippen LogP contribution in [0.25, 0.3) is 5.65 Å². The number of nitrogens with one attached hydrogen (secondary N) is 1. The van der Waals surface area contributed by atoms with Gasteiger partial charge in [0.1, 0.15) is 5.76 Å². The summed E-state index contributed by atoms with van der Waals surface area (Å²) in [7, 11) is -2.32. The van der Waals surface area contributed by atoms with Crippen molar-refractivity contribution in [1.29, 1.82) is 0 Å².